The molecule has 4 heteroatoms. The molecule has 0 fully saturated rings. The molecule has 1 aromatic carbocycles. The van der Waals surface area contributed by atoms with E-state index in [9.17, 15) is 14.5 Å². The highest BCUT2D eigenvalue weighted by Crippen LogP contribution is 2.10. The Labute approximate surface area is 74.7 Å². The Kier molecular flexibility index (Phi) is 2.74. The van der Waals surface area contributed by atoms with Gasteiger partial charge in [-0.2, -0.15) is 0 Å². The van der Waals surface area contributed by atoms with Crippen LogP contribution in [0, 0.1) is 15.9 Å². The third-order valence-electron chi connectivity index (χ3n) is 1.56. The highest BCUT2D eigenvalue weighted by molar-refractivity contribution is 5.50. The highest BCUT2D eigenvalue weighted by atomic mass is 19.1. The van der Waals surface area contributed by atoms with E-state index in [-0.39, 0.29) is 11.3 Å². The quantitative estimate of drug-likeness (QED) is 0.519. The van der Waals surface area contributed by atoms with Gasteiger partial charge in [0.1, 0.15) is 5.82 Å². The van der Waals surface area contributed by atoms with Crippen LogP contribution in [0.1, 0.15) is 12.5 Å². The first kappa shape index (κ1) is 9.38. The minimum Gasteiger partial charge on any atom is -0.259 e. The van der Waals surface area contributed by atoms with E-state index in [1.165, 1.54) is 31.2 Å². The molecule has 0 aliphatic heterocycles. The van der Waals surface area contributed by atoms with Crippen LogP contribution >= 0.6 is 0 Å². The average molecular weight is 181 g/mol. The predicted molar refractivity (Wildman–Crippen MR) is 47.0 cm³/mol. The van der Waals surface area contributed by atoms with Gasteiger partial charge in [0.05, 0.1) is 4.92 Å². The minimum atomic E-state index is -0.549. The van der Waals surface area contributed by atoms with Crippen molar-refractivity contribution in [2.75, 3.05) is 0 Å². The molecule has 68 valence electrons. The Morgan fingerprint density at radius 3 is 2.69 bits per heavy atom. The van der Waals surface area contributed by atoms with Crippen molar-refractivity contribution in [3.05, 3.63) is 51.5 Å². The van der Waals surface area contributed by atoms with E-state index in [2.05, 4.69) is 0 Å². The molecule has 1 rings (SSSR count). The number of allylic oxidation sites excluding steroid dienone is 1. The first-order valence-corrected chi connectivity index (χ1v) is 3.68. The molecule has 0 spiro atoms. The monoisotopic (exact) mass is 181 g/mol. The number of hydrogen-bond donors (Lipinski definition) is 0. The summed E-state index contributed by atoms with van der Waals surface area (Å²) < 4.78 is 12.9. The number of rotatable bonds is 2. The second kappa shape index (κ2) is 3.80. The summed E-state index contributed by atoms with van der Waals surface area (Å²) in [4.78, 5) is 9.68. The summed E-state index contributed by atoms with van der Waals surface area (Å²) in [7, 11) is 0. The molecule has 13 heavy (non-hydrogen) atoms. The Hall–Kier alpha value is -1.71. The van der Waals surface area contributed by atoms with Crippen LogP contribution in [0.25, 0.3) is 6.08 Å². The molecule has 0 N–H and O–H groups in total. The topological polar surface area (TPSA) is 43.1 Å². The Bertz CT molecular complexity index is 360. The molecular weight excluding hydrogens is 173 g/mol. The third-order valence-corrected chi connectivity index (χ3v) is 1.56. The van der Waals surface area contributed by atoms with Crippen LogP contribution in [0.4, 0.5) is 4.39 Å². The van der Waals surface area contributed by atoms with Crippen LogP contribution in [0.3, 0.4) is 0 Å². The standard InChI is InChI=1S/C9H8FNO2/c1-7(11(12)13)6-8-4-2-3-5-9(8)10/h2-6H,1H3/b7-6-. The van der Waals surface area contributed by atoms with Gasteiger partial charge in [0.25, 0.3) is 0 Å². The lowest BCUT2D eigenvalue weighted by atomic mass is 10.2. The van der Waals surface area contributed by atoms with Crippen LogP contribution in [0.15, 0.2) is 30.0 Å². The van der Waals surface area contributed by atoms with E-state index in [1.54, 1.807) is 6.07 Å². The van der Waals surface area contributed by atoms with Crippen molar-refractivity contribution in [3.63, 3.8) is 0 Å². The Morgan fingerprint density at radius 1 is 1.54 bits per heavy atom. The number of hydrogen-bond acceptors (Lipinski definition) is 2. The van der Waals surface area contributed by atoms with E-state index in [4.69, 9.17) is 0 Å². The molecule has 0 heterocycles. The van der Waals surface area contributed by atoms with Gasteiger partial charge in [0, 0.05) is 18.6 Å². The summed E-state index contributed by atoms with van der Waals surface area (Å²) in [5.41, 5.74) is 0.154. The van der Waals surface area contributed by atoms with E-state index < -0.39 is 10.7 Å². The first-order chi connectivity index (χ1) is 6.11. The van der Waals surface area contributed by atoms with Gasteiger partial charge >= 0.3 is 0 Å². The van der Waals surface area contributed by atoms with Gasteiger partial charge in [-0.3, -0.25) is 10.1 Å². The predicted octanol–water partition coefficient (Wildman–Crippen LogP) is 2.46. The normalized spacial score (nSPS) is 11.4. The van der Waals surface area contributed by atoms with Crippen molar-refractivity contribution in [1.82, 2.24) is 0 Å². The number of nitro groups is 1. The molecule has 0 aliphatic carbocycles. The molecule has 0 saturated heterocycles. The van der Waals surface area contributed by atoms with Gasteiger partial charge in [-0.05, 0) is 6.07 Å². The molecule has 3 nitrogen and oxygen atoms in total. The lowest BCUT2D eigenvalue weighted by Crippen LogP contribution is -1.93. The maximum Gasteiger partial charge on any atom is 0.243 e. The maximum absolute atomic E-state index is 12.9. The summed E-state index contributed by atoms with van der Waals surface area (Å²) in [6, 6.07) is 5.91. The Morgan fingerprint density at radius 2 is 2.15 bits per heavy atom. The van der Waals surface area contributed by atoms with Crippen LogP contribution in [0.2, 0.25) is 0 Å². The summed E-state index contributed by atoms with van der Waals surface area (Å²) >= 11 is 0. The number of benzene rings is 1. The van der Waals surface area contributed by atoms with E-state index >= 15 is 0 Å². The average Bonchev–Trinajstić information content (AvgIpc) is 2.08. The van der Waals surface area contributed by atoms with E-state index in [0.29, 0.717) is 0 Å². The Balaban J connectivity index is 3.04. The lowest BCUT2D eigenvalue weighted by molar-refractivity contribution is -0.422. The van der Waals surface area contributed by atoms with Crippen molar-refractivity contribution < 1.29 is 9.31 Å². The number of nitrogens with zero attached hydrogens (tertiary/aromatic N) is 1. The second-order valence-corrected chi connectivity index (χ2v) is 2.56. The summed E-state index contributed by atoms with van der Waals surface area (Å²) in [6.45, 7) is 1.33. The summed E-state index contributed by atoms with van der Waals surface area (Å²) in [5.74, 6) is -0.455. The van der Waals surface area contributed by atoms with Crippen LogP contribution < -0.4 is 0 Å². The fraction of sp³-hybridized carbons (Fsp3) is 0.111. The van der Waals surface area contributed by atoms with Crippen molar-refractivity contribution >= 4 is 6.08 Å². The largest absolute Gasteiger partial charge is 0.259 e. The van der Waals surface area contributed by atoms with Crippen LogP contribution in [-0.4, -0.2) is 4.92 Å². The zero-order valence-corrected chi connectivity index (χ0v) is 7.03. The molecule has 0 aromatic heterocycles. The molecule has 0 radical (unpaired) electrons. The van der Waals surface area contributed by atoms with Gasteiger partial charge in [0.2, 0.25) is 5.70 Å². The lowest BCUT2D eigenvalue weighted by Gasteiger charge is -1.94. The second-order valence-electron chi connectivity index (χ2n) is 2.56. The van der Waals surface area contributed by atoms with Gasteiger partial charge in [-0.25, -0.2) is 4.39 Å². The summed E-state index contributed by atoms with van der Waals surface area (Å²) in [5, 5.41) is 10.2. The van der Waals surface area contributed by atoms with Gasteiger partial charge in [-0.15, -0.1) is 0 Å². The third kappa shape index (κ3) is 2.37. The first-order valence-electron chi connectivity index (χ1n) is 3.68. The number of halogens is 1. The fourth-order valence-electron chi connectivity index (χ4n) is 0.870. The van der Waals surface area contributed by atoms with Crippen molar-refractivity contribution in [1.29, 1.82) is 0 Å². The van der Waals surface area contributed by atoms with Crippen molar-refractivity contribution in [2.45, 2.75) is 6.92 Å². The van der Waals surface area contributed by atoms with Gasteiger partial charge in [-0.1, -0.05) is 18.2 Å². The van der Waals surface area contributed by atoms with Gasteiger partial charge < -0.3 is 0 Å². The van der Waals surface area contributed by atoms with Crippen LogP contribution in [0.5, 0.6) is 0 Å². The van der Waals surface area contributed by atoms with Gasteiger partial charge in [0.15, 0.2) is 0 Å². The molecule has 0 atom stereocenters. The van der Waals surface area contributed by atoms with Crippen molar-refractivity contribution in [3.8, 4) is 0 Å². The zero-order valence-electron chi connectivity index (χ0n) is 7.03. The van der Waals surface area contributed by atoms with Crippen molar-refractivity contribution in [2.24, 2.45) is 0 Å². The smallest absolute Gasteiger partial charge is 0.243 e. The SMILES string of the molecule is C/C(=C/c1ccccc1F)[N+](=O)[O-]. The van der Waals surface area contributed by atoms with Crippen LogP contribution in [-0.2, 0) is 0 Å². The minimum absolute atomic E-state index is 0.0786. The van der Waals surface area contributed by atoms with E-state index in [1.807, 2.05) is 0 Å². The molecule has 0 aliphatic rings. The zero-order chi connectivity index (χ0) is 9.84. The molecule has 0 bridgehead atoms. The highest BCUT2D eigenvalue weighted by Gasteiger charge is 2.04. The molecule has 1 aromatic rings. The van der Waals surface area contributed by atoms with E-state index in [0.717, 1.165) is 0 Å². The molecule has 0 unspecified atom stereocenters. The molecular formula is C9H8FNO2. The molecule has 0 amide bonds. The summed E-state index contributed by atoms with van der Waals surface area (Å²) in [6.07, 6.45) is 1.20. The molecule has 0 saturated carbocycles. The fourth-order valence-corrected chi connectivity index (χ4v) is 0.870. The maximum atomic E-state index is 12.9.